The second kappa shape index (κ2) is 9.59. The normalized spacial score (nSPS) is 11.3. The summed E-state index contributed by atoms with van der Waals surface area (Å²) in [7, 11) is 0. The molecule has 0 bridgehead atoms. The van der Waals surface area contributed by atoms with Crippen LogP contribution in [0.5, 0.6) is 0 Å². The fourth-order valence-electron chi connectivity index (χ4n) is 3.61. The number of hydrogen-bond acceptors (Lipinski definition) is 2. The quantitative estimate of drug-likeness (QED) is 0.299. The molecule has 0 aliphatic carbocycles. The Morgan fingerprint density at radius 2 is 0.933 bits per heavy atom. The molecular weight excluding hydrogens is 475 g/mol. The molecule has 30 heavy (non-hydrogen) atoms. The Balaban J connectivity index is 1.83. The number of benzene rings is 4. The molecule has 0 radical (unpaired) electrons. The first-order valence-electron chi connectivity index (χ1n) is 9.92. The van der Waals surface area contributed by atoms with Crippen molar-refractivity contribution in [2.45, 2.75) is 0 Å². The van der Waals surface area contributed by atoms with Gasteiger partial charge >= 0.3 is 182 Å². The van der Waals surface area contributed by atoms with Crippen molar-refractivity contribution >= 4 is 41.6 Å². The number of carbonyl (C=O) groups excluding carboxylic acids is 1. The molecule has 4 aromatic carbocycles. The van der Waals surface area contributed by atoms with E-state index in [2.05, 4.69) is 36.4 Å². The standard InChI is InChI=1S/C9H8O2.3C6H5.Sn/c10-9(11)7-6-8-4-2-1-3-5-8;3*1-2-4-6-5-3-1;/h1-7H,(H,10,11);3*1-5H;/q;;;;+1/p-1. The summed E-state index contributed by atoms with van der Waals surface area (Å²) in [4.78, 5) is 13.1. The van der Waals surface area contributed by atoms with E-state index in [0.717, 1.165) is 16.3 Å². The van der Waals surface area contributed by atoms with Crippen molar-refractivity contribution in [3.8, 4) is 0 Å². The van der Waals surface area contributed by atoms with E-state index >= 15 is 0 Å². The summed E-state index contributed by atoms with van der Waals surface area (Å²) in [5, 5.41) is 0. The summed E-state index contributed by atoms with van der Waals surface area (Å²) in [6.07, 6.45) is 3.34. The van der Waals surface area contributed by atoms with Gasteiger partial charge in [-0.1, -0.05) is 0 Å². The van der Waals surface area contributed by atoms with Crippen molar-refractivity contribution in [2.75, 3.05) is 0 Å². The molecule has 0 heterocycles. The first kappa shape index (κ1) is 20.2. The van der Waals surface area contributed by atoms with Crippen LogP contribution in [0.4, 0.5) is 0 Å². The molecule has 0 spiro atoms. The molecule has 4 aromatic rings. The molecule has 0 saturated heterocycles. The zero-order valence-electron chi connectivity index (χ0n) is 16.5. The van der Waals surface area contributed by atoms with Gasteiger partial charge in [0.25, 0.3) is 0 Å². The second-order valence-corrected chi connectivity index (χ2v) is 16.4. The van der Waals surface area contributed by atoms with Crippen LogP contribution in [-0.2, 0) is 7.87 Å². The Morgan fingerprint density at radius 1 is 0.567 bits per heavy atom. The average molecular weight is 497 g/mol. The van der Waals surface area contributed by atoms with Gasteiger partial charge in [0.15, 0.2) is 0 Å². The number of carbonyl (C=O) groups is 1. The minimum absolute atomic E-state index is 0.314. The molecular formula is C27H22O2Sn. The molecule has 3 heteroatoms. The van der Waals surface area contributed by atoms with Crippen molar-refractivity contribution in [2.24, 2.45) is 0 Å². The average Bonchev–Trinajstić information content (AvgIpc) is 2.83. The molecule has 0 amide bonds. The van der Waals surface area contributed by atoms with Crippen LogP contribution in [0.1, 0.15) is 5.56 Å². The third-order valence-corrected chi connectivity index (χ3v) is 16.3. The van der Waals surface area contributed by atoms with E-state index in [1.165, 1.54) is 6.08 Å². The Kier molecular flexibility index (Phi) is 6.45. The summed E-state index contributed by atoms with van der Waals surface area (Å²) in [5.41, 5.74) is 0.967. The molecule has 0 fully saturated rings. The van der Waals surface area contributed by atoms with E-state index < -0.39 is 18.8 Å². The topological polar surface area (TPSA) is 26.3 Å². The van der Waals surface area contributed by atoms with Gasteiger partial charge in [0, 0.05) is 0 Å². The van der Waals surface area contributed by atoms with Gasteiger partial charge in [0.1, 0.15) is 0 Å². The van der Waals surface area contributed by atoms with Crippen LogP contribution in [0, 0.1) is 0 Å². The van der Waals surface area contributed by atoms with Crippen LogP contribution in [0.2, 0.25) is 0 Å². The van der Waals surface area contributed by atoms with Crippen LogP contribution in [0.3, 0.4) is 0 Å². The summed E-state index contributed by atoms with van der Waals surface area (Å²) in [5.74, 6) is -0.314. The SMILES string of the molecule is O=C(C=Cc1ccccc1)[O][Sn]([c]1ccccc1)([c]1ccccc1)[c]1ccccc1. The third-order valence-electron chi connectivity index (χ3n) is 5.01. The van der Waals surface area contributed by atoms with Crippen molar-refractivity contribution < 1.29 is 7.87 Å². The minimum atomic E-state index is -4.04. The first-order chi connectivity index (χ1) is 14.8. The van der Waals surface area contributed by atoms with Gasteiger partial charge in [0.05, 0.1) is 0 Å². The van der Waals surface area contributed by atoms with Crippen LogP contribution < -0.4 is 10.7 Å². The molecule has 0 unspecified atom stereocenters. The molecule has 0 N–H and O–H groups in total. The summed E-state index contributed by atoms with van der Waals surface area (Å²) < 4.78 is 9.81. The Morgan fingerprint density at radius 3 is 1.33 bits per heavy atom. The van der Waals surface area contributed by atoms with Crippen molar-refractivity contribution in [1.82, 2.24) is 0 Å². The van der Waals surface area contributed by atoms with E-state index in [-0.39, 0.29) is 5.97 Å². The van der Waals surface area contributed by atoms with Gasteiger partial charge in [-0.3, -0.25) is 0 Å². The summed E-state index contributed by atoms with van der Waals surface area (Å²) >= 11 is -4.04. The maximum atomic E-state index is 13.1. The van der Waals surface area contributed by atoms with E-state index in [1.807, 2.05) is 84.9 Å². The van der Waals surface area contributed by atoms with Gasteiger partial charge in [-0.05, 0) is 0 Å². The fourth-order valence-corrected chi connectivity index (χ4v) is 14.2. The Bertz CT molecular complexity index is 1010. The molecule has 4 rings (SSSR count). The van der Waals surface area contributed by atoms with Crippen LogP contribution >= 0.6 is 0 Å². The zero-order chi connectivity index (χ0) is 20.7. The zero-order valence-corrected chi connectivity index (χ0v) is 19.4. The van der Waals surface area contributed by atoms with Crippen molar-refractivity contribution in [3.05, 3.63) is 133 Å². The van der Waals surface area contributed by atoms with Crippen LogP contribution in [0.25, 0.3) is 6.08 Å². The van der Waals surface area contributed by atoms with Gasteiger partial charge in [-0.15, -0.1) is 0 Å². The molecule has 146 valence electrons. The third kappa shape index (κ3) is 4.39. The van der Waals surface area contributed by atoms with Gasteiger partial charge in [0.2, 0.25) is 0 Å². The molecule has 2 nitrogen and oxygen atoms in total. The van der Waals surface area contributed by atoms with E-state index in [1.54, 1.807) is 6.08 Å². The van der Waals surface area contributed by atoms with Crippen molar-refractivity contribution in [3.63, 3.8) is 0 Å². The number of hydrogen-bond donors (Lipinski definition) is 0. The van der Waals surface area contributed by atoms with Crippen LogP contribution in [-0.4, -0.2) is 24.8 Å². The molecule has 0 atom stereocenters. The number of rotatable bonds is 6. The van der Waals surface area contributed by atoms with E-state index in [0.29, 0.717) is 0 Å². The van der Waals surface area contributed by atoms with Gasteiger partial charge < -0.3 is 0 Å². The van der Waals surface area contributed by atoms with E-state index in [9.17, 15) is 4.79 Å². The van der Waals surface area contributed by atoms with Gasteiger partial charge in [-0.2, -0.15) is 0 Å². The predicted molar refractivity (Wildman–Crippen MR) is 126 cm³/mol. The summed E-state index contributed by atoms with van der Waals surface area (Å²) in [6, 6.07) is 40.4. The van der Waals surface area contributed by atoms with Crippen molar-refractivity contribution in [1.29, 1.82) is 0 Å². The Hall–Kier alpha value is -3.11. The molecule has 0 aliphatic heterocycles. The van der Waals surface area contributed by atoms with Crippen LogP contribution in [0.15, 0.2) is 127 Å². The monoisotopic (exact) mass is 498 g/mol. The second-order valence-electron chi connectivity index (χ2n) is 6.94. The van der Waals surface area contributed by atoms with E-state index in [4.69, 9.17) is 3.07 Å². The maximum absolute atomic E-state index is 13.1. The molecule has 0 aliphatic rings. The predicted octanol–water partition coefficient (Wildman–Crippen LogP) is 3.91. The summed E-state index contributed by atoms with van der Waals surface area (Å²) in [6.45, 7) is 0. The molecule has 0 saturated carbocycles. The first-order valence-corrected chi connectivity index (χ1v) is 15.4. The van der Waals surface area contributed by atoms with Gasteiger partial charge in [-0.25, -0.2) is 0 Å². The Labute approximate surface area is 181 Å². The fraction of sp³-hybridized carbons (Fsp3) is 0. The molecule has 0 aromatic heterocycles.